The Morgan fingerprint density at radius 1 is 1.17 bits per heavy atom. The van der Waals surface area contributed by atoms with E-state index in [2.05, 4.69) is 12.2 Å². The van der Waals surface area contributed by atoms with Crippen LogP contribution in [0.1, 0.15) is 42.1 Å². The largest absolute Gasteiger partial charge is 0.505 e. The van der Waals surface area contributed by atoms with Crippen molar-refractivity contribution in [2.75, 3.05) is 13.7 Å². The number of hydrogen-bond acceptors (Lipinski definition) is 5. The standard InChI is InChI=1S/C22H25Cl2NO5/c1-3-4-8-11-30-20-16(23)13-15(19(26)18(20)24)21(27)25-17(22(28)29-2)12-14-9-6-5-7-10-14/h5-7,9-10,13,17,26H,3-4,8,11-12H2,1-2H3,(H,25,27)/t17-/m0/s1. The van der Waals surface area contributed by atoms with Crippen LogP contribution in [-0.2, 0) is 16.0 Å². The summed E-state index contributed by atoms with van der Waals surface area (Å²) in [5.41, 5.74) is 0.678. The van der Waals surface area contributed by atoms with Crippen molar-refractivity contribution in [2.24, 2.45) is 0 Å². The van der Waals surface area contributed by atoms with E-state index in [1.807, 2.05) is 30.3 Å². The summed E-state index contributed by atoms with van der Waals surface area (Å²) in [6.07, 6.45) is 3.05. The summed E-state index contributed by atoms with van der Waals surface area (Å²) in [5.74, 6) is -1.66. The Morgan fingerprint density at radius 2 is 1.87 bits per heavy atom. The molecule has 0 aliphatic rings. The van der Waals surface area contributed by atoms with Crippen LogP contribution < -0.4 is 10.1 Å². The number of nitrogens with one attached hydrogen (secondary N) is 1. The number of carbonyl (C=O) groups is 2. The van der Waals surface area contributed by atoms with Crippen molar-refractivity contribution in [1.82, 2.24) is 5.32 Å². The Balaban J connectivity index is 2.20. The van der Waals surface area contributed by atoms with Gasteiger partial charge < -0.3 is 19.9 Å². The molecule has 0 heterocycles. The molecule has 0 spiro atoms. The van der Waals surface area contributed by atoms with Crippen molar-refractivity contribution in [1.29, 1.82) is 0 Å². The first-order valence-electron chi connectivity index (χ1n) is 9.65. The molecule has 0 fully saturated rings. The lowest BCUT2D eigenvalue weighted by Crippen LogP contribution is -2.43. The Morgan fingerprint density at radius 3 is 2.50 bits per heavy atom. The summed E-state index contributed by atoms with van der Waals surface area (Å²) in [6.45, 7) is 2.46. The number of benzene rings is 2. The molecule has 8 heteroatoms. The Kier molecular flexibility index (Phi) is 9.27. The van der Waals surface area contributed by atoms with Crippen molar-refractivity contribution in [3.05, 3.63) is 57.6 Å². The van der Waals surface area contributed by atoms with Crippen LogP contribution in [0.15, 0.2) is 36.4 Å². The van der Waals surface area contributed by atoms with Crippen molar-refractivity contribution in [2.45, 2.75) is 38.6 Å². The number of carbonyl (C=O) groups excluding carboxylic acids is 2. The Labute approximate surface area is 186 Å². The summed E-state index contributed by atoms with van der Waals surface area (Å²) in [4.78, 5) is 24.9. The van der Waals surface area contributed by atoms with Crippen LogP contribution in [0.25, 0.3) is 0 Å². The first-order chi connectivity index (χ1) is 14.4. The number of phenolic OH excluding ortho intramolecular Hbond substituents is 1. The van der Waals surface area contributed by atoms with E-state index in [9.17, 15) is 14.7 Å². The van der Waals surface area contributed by atoms with Gasteiger partial charge in [0.1, 0.15) is 11.1 Å². The highest BCUT2D eigenvalue weighted by molar-refractivity contribution is 6.39. The molecule has 1 atom stereocenters. The van der Waals surface area contributed by atoms with Gasteiger partial charge in [-0.15, -0.1) is 0 Å². The van der Waals surface area contributed by atoms with Crippen molar-refractivity contribution >= 4 is 35.1 Å². The molecular formula is C22H25Cl2NO5. The van der Waals surface area contributed by atoms with Crippen LogP contribution in [0.3, 0.4) is 0 Å². The highest BCUT2D eigenvalue weighted by atomic mass is 35.5. The maximum atomic E-state index is 12.8. The molecule has 0 aliphatic heterocycles. The molecule has 2 N–H and O–H groups in total. The number of aromatic hydroxyl groups is 1. The minimum atomic E-state index is -0.952. The van der Waals surface area contributed by atoms with Gasteiger partial charge in [0.15, 0.2) is 11.5 Å². The van der Waals surface area contributed by atoms with E-state index in [1.165, 1.54) is 13.2 Å². The smallest absolute Gasteiger partial charge is 0.328 e. The quantitative estimate of drug-likeness (QED) is 0.399. The number of hydrogen-bond donors (Lipinski definition) is 2. The van der Waals surface area contributed by atoms with Gasteiger partial charge in [0.25, 0.3) is 5.91 Å². The topological polar surface area (TPSA) is 84.9 Å². The predicted molar refractivity (Wildman–Crippen MR) is 117 cm³/mol. The fourth-order valence-corrected chi connectivity index (χ4v) is 3.41. The average Bonchev–Trinajstić information content (AvgIpc) is 2.75. The summed E-state index contributed by atoms with van der Waals surface area (Å²) >= 11 is 12.4. The lowest BCUT2D eigenvalue weighted by Gasteiger charge is -2.18. The van der Waals surface area contributed by atoms with Gasteiger partial charge in [-0.1, -0.05) is 73.3 Å². The van der Waals surface area contributed by atoms with Gasteiger partial charge in [-0.2, -0.15) is 0 Å². The average molecular weight is 454 g/mol. The highest BCUT2D eigenvalue weighted by Gasteiger charge is 2.26. The highest BCUT2D eigenvalue weighted by Crippen LogP contribution is 2.42. The Bertz CT molecular complexity index is 874. The van der Waals surface area contributed by atoms with E-state index in [1.54, 1.807) is 0 Å². The normalized spacial score (nSPS) is 11.6. The monoisotopic (exact) mass is 453 g/mol. The molecule has 162 valence electrons. The summed E-state index contributed by atoms with van der Waals surface area (Å²) in [6, 6.07) is 9.49. The van der Waals surface area contributed by atoms with Gasteiger partial charge in [-0.25, -0.2) is 4.79 Å². The SMILES string of the molecule is CCCCCOc1c(Cl)cc(C(=O)N[C@@H](Cc2ccccc2)C(=O)OC)c(O)c1Cl. The van der Waals surface area contributed by atoms with Gasteiger partial charge in [0, 0.05) is 6.42 Å². The van der Waals surface area contributed by atoms with E-state index in [-0.39, 0.29) is 27.8 Å². The van der Waals surface area contributed by atoms with Crippen LogP contribution in [0, 0.1) is 0 Å². The molecule has 0 aliphatic carbocycles. The number of amides is 1. The minimum absolute atomic E-state index is 0.0946. The summed E-state index contributed by atoms with van der Waals surface area (Å²) in [7, 11) is 1.24. The molecule has 0 saturated carbocycles. The van der Waals surface area contributed by atoms with E-state index in [4.69, 9.17) is 32.7 Å². The van der Waals surface area contributed by atoms with Crippen molar-refractivity contribution < 1.29 is 24.2 Å². The molecule has 2 rings (SSSR count). The first kappa shape index (κ1) is 23.8. The van der Waals surface area contributed by atoms with Crippen molar-refractivity contribution in [3.8, 4) is 11.5 Å². The number of unbranched alkanes of at least 4 members (excludes halogenated alkanes) is 2. The molecule has 0 bridgehead atoms. The third-order valence-electron chi connectivity index (χ3n) is 4.46. The minimum Gasteiger partial charge on any atom is -0.505 e. The Hall–Kier alpha value is -2.44. The molecule has 1 amide bonds. The summed E-state index contributed by atoms with van der Waals surface area (Å²) < 4.78 is 10.4. The van der Waals surface area contributed by atoms with Crippen molar-refractivity contribution in [3.63, 3.8) is 0 Å². The van der Waals surface area contributed by atoms with E-state index >= 15 is 0 Å². The van der Waals surface area contributed by atoms with Gasteiger partial charge in [-0.3, -0.25) is 4.79 Å². The third kappa shape index (κ3) is 6.28. The summed E-state index contributed by atoms with van der Waals surface area (Å²) in [5, 5.41) is 12.9. The molecular weight excluding hydrogens is 429 g/mol. The number of phenols is 1. The number of ether oxygens (including phenoxy) is 2. The van der Waals surface area contributed by atoms with Gasteiger partial charge >= 0.3 is 5.97 Å². The molecule has 30 heavy (non-hydrogen) atoms. The fraction of sp³-hybridized carbons (Fsp3) is 0.364. The van der Waals surface area contributed by atoms with Crippen LogP contribution in [0.5, 0.6) is 11.5 Å². The van der Waals surface area contributed by atoms with E-state index in [0.717, 1.165) is 24.8 Å². The third-order valence-corrected chi connectivity index (χ3v) is 5.09. The van der Waals surface area contributed by atoms with Gasteiger partial charge in [0.2, 0.25) is 0 Å². The maximum Gasteiger partial charge on any atom is 0.328 e. The number of halogens is 2. The second kappa shape index (κ2) is 11.7. The molecule has 0 aromatic heterocycles. The molecule has 0 unspecified atom stereocenters. The lowest BCUT2D eigenvalue weighted by atomic mass is 10.1. The van der Waals surface area contributed by atoms with Crippen LogP contribution in [0.2, 0.25) is 10.0 Å². The fourth-order valence-electron chi connectivity index (χ4n) is 2.84. The zero-order valence-electron chi connectivity index (χ0n) is 16.9. The zero-order chi connectivity index (χ0) is 22.1. The number of esters is 1. The van der Waals surface area contributed by atoms with E-state index < -0.39 is 23.7 Å². The van der Waals surface area contributed by atoms with Gasteiger partial charge in [0.05, 0.1) is 24.3 Å². The van der Waals surface area contributed by atoms with Crippen LogP contribution in [0.4, 0.5) is 0 Å². The van der Waals surface area contributed by atoms with Crippen LogP contribution >= 0.6 is 23.2 Å². The van der Waals surface area contributed by atoms with Gasteiger partial charge in [-0.05, 0) is 18.1 Å². The zero-order valence-corrected chi connectivity index (χ0v) is 18.4. The van der Waals surface area contributed by atoms with Crippen LogP contribution in [-0.4, -0.2) is 36.7 Å². The predicted octanol–water partition coefficient (Wildman–Crippen LogP) is 4.78. The molecule has 6 nitrogen and oxygen atoms in total. The second-order valence-electron chi connectivity index (χ2n) is 6.69. The maximum absolute atomic E-state index is 12.8. The molecule has 0 saturated heterocycles. The first-order valence-corrected chi connectivity index (χ1v) is 10.4. The van der Waals surface area contributed by atoms with E-state index in [0.29, 0.717) is 6.61 Å². The number of methoxy groups -OCH3 is 1. The molecule has 2 aromatic rings. The number of rotatable bonds is 10. The lowest BCUT2D eigenvalue weighted by molar-refractivity contribution is -0.142. The molecule has 2 aromatic carbocycles. The second-order valence-corrected chi connectivity index (χ2v) is 7.48. The molecule has 0 radical (unpaired) electrons.